The Bertz CT molecular complexity index is 476. The minimum atomic E-state index is -1.02. The van der Waals surface area contributed by atoms with E-state index in [1.165, 1.54) is 18.2 Å². The lowest BCUT2D eigenvalue weighted by molar-refractivity contribution is 0.0695. The minimum Gasteiger partial charge on any atom is -0.478 e. The zero-order valence-corrected chi connectivity index (χ0v) is 8.67. The second-order valence-corrected chi connectivity index (χ2v) is 3.03. The lowest BCUT2D eigenvalue weighted by Gasteiger charge is -2.01. The average molecular weight is 221 g/mol. The molecule has 4 nitrogen and oxygen atoms in total. The fraction of sp³-hybridized carbons (Fsp3) is 0.100. The molecule has 0 aliphatic rings. The smallest absolute Gasteiger partial charge is 0.335 e. The first-order valence-corrected chi connectivity index (χ1v) is 4.43. The standard InChI is InChI=1S/C10H7NO3S/c1-6-4-7(9(12)11-5-15)2-3-8(6)10(13)14/h2-4H,1H3,(H,13,14). The van der Waals surface area contributed by atoms with Gasteiger partial charge in [0.2, 0.25) is 0 Å². The molecule has 1 amide bonds. The third kappa shape index (κ3) is 2.56. The van der Waals surface area contributed by atoms with Gasteiger partial charge in [-0.15, -0.1) is 0 Å². The van der Waals surface area contributed by atoms with E-state index in [0.717, 1.165) is 0 Å². The number of carboxylic acid groups (broad SMARTS) is 1. The summed E-state index contributed by atoms with van der Waals surface area (Å²) in [7, 11) is 0. The van der Waals surface area contributed by atoms with Crippen molar-refractivity contribution in [1.29, 1.82) is 0 Å². The van der Waals surface area contributed by atoms with Crippen molar-refractivity contribution in [2.45, 2.75) is 6.92 Å². The molecule has 0 aliphatic heterocycles. The number of aromatic carboxylic acids is 1. The number of aliphatic imine (C=N–C) groups is 1. The predicted octanol–water partition coefficient (Wildman–Crippen LogP) is 1.94. The second-order valence-electron chi connectivity index (χ2n) is 2.84. The molecule has 0 atom stereocenters. The SMILES string of the molecule is Cc1cc(C(=O)N=C=S)ccc1C(=O)O. The molecule has 0 radical (unpaired) electrons. The second kappa shape index (κ2) is 4.59. The highest BCUT2D eigenvalue weighted by atomic mass is 32.1. The summed E-state index contributed by atoms with van der Waals surface area (Å²) in [5, 5.41) is 10.7. The van der Waals surface area contributed by atoms with Crippen molar-refractivity contribution in [3.8, 4) is 0 Å². The number of aryl methyl sites for hydroxylation is 1. The van der Waals surface area contributed by atoms with Crippen LogP contribution in [-0.4, -0.2) is 22.1 Å². The lowest BCUT2D eigenvalue weighted by Crippen LogP contribution is -2.02. The van der Waals surface area contributed by atoms with Gasteiger partial charge in [0.15, 0.2) is 0 Å². The lowest BCUT2D eigenvalue weighted by atomic mass is 10.1. The van der Waals surface area contributed by atoms with Gasteiger partial charge < -0.3 is 5.11 Å². The van der Waals surface area contributed by atoms with Gasteiger partial charge in [0.1, 0.15) is 0 Å². The van der Waals surface area contributed by atoms with Crippen LogP contribution in [0.5, 0.6) is 0 Å². The molecule has 76 valence electrons. The minimum absolute atomic E-state index is 0.165. The molecule has 1 N–H and O–H groups in total. The van der Waals surface area contributed by atoms with E-state index in [0.29, 0.717) is 11.1 Å². The van der Waals surface area contributed by atoms with Gasteiger partial charge in [-0.2, -0.15) is 4.99 Å². The predicted molar refractivity (Wildman–Crippen MR) is 57.5 cm³/mol. The maximum Gasteiger partial charge on any atom is 0.335 e. The number of nitrogens with zero attached hydrogens (tertiary/aromatic N) is 1. The van der Waals surface area contributed by atoms with E-state index in [1.54, 1.807) is 6.92 Å². The molecule has 5 heteroatoms. The van der Waals surface area contributed by atoms with Crippen molar-refractivity contribution < 1.29 is 14.7 Å². The van der Waals surface area contributed by atoms with E-state index < -0.39 is 11.9 Å². The highest BCUT2D eigenvalue weighted by molar-refractivity contribution is 7.78. The van der Waals surface area contributed by atoms with Crippen molar-refractivity contribution in [1.82, 2.24) is 0 Å². The van der Waals surface area contributed by atoms with Crippen LogP contribution in [0.1, 0.15) is 26.3 Å². The van der Waals surface area contributed by atoms with E-state index >= 15 is 0 Å². The molecule has 1 aromatic carbocycles. The maximum absolute atomic E-state index is 11.2. The zero-order valence-electron chi connectivity index (χ0n) is 7.85. The average Bonchev–Trinajstić information content (AvgIpc) is 2.17. The molecule has 1 rings (SSSR count). The summed E-state index contributed by atoms with van der Waals surface area (Å²) in [4.78, 5) is 25.2. The molecular weight excluding hydrogens is 214 g/mol. The van der Waals surface area contributed by atoms with Crippen molar-refractivity contribution in [2.75, 3.05) is 0 Å². The Morgan fingerprint density at radius 1 is 1.47 bits per heavy atom. The number of thiocarbonyl (C=S) groups is 1. The monoisotopic (exact) mass is 221 g/mol. The number of carbonyl (C=O) groups is 2. The van der Waals surface area contributed by atoms with E-state index in [2.05, 4.69) is 17.2 Å². The quantitative estimate of drug-likeness (QED) is 0.612. The van der Waals surface area contributed by atoms with E-state index in [4.69, 9.17) is 5.11 Å². The van der Waals surface area contributed by atoms with Crippen LogP contribution in [-0.2, 0) is 0 Å². The fourth-order valence-electron chi connectivity index (χ4n) is 1.14. The number of benzene rings is 1. The van der Waals surface area contributed by atoms with Gasteiger partial charge in [0.05, 0.1) is 10.7 Å². The van der Waals surface area contributed by atoms with E-state index in [1.807, 2.05) is 5.16 Å². The largest absolute Gasteiger partial charge is 0.478 e. The molecule has 0 bridgehead atoms. The number of carbonyl (C=O) groups excluding carboxylic acids is 1. The topological polar surface area (TPSA) is 66.7 Å². The highest BCUT2D eigenvalue weighted by Crippen LogP contribution is 2.11. The molecule has 0 unspecified atom stereocenters. The molecule has 15 heavy (non-hydrogen) atoms. The molecule has 0 saturated heterocycles. The van der Waals surface area contributed by atoms with Crippen LogP contribution in [0.3, 0.4) is 0 Å². The number of amides is 1. The Balaban J connectivity index is 3.17. The first-order valence-electron chi connectivity index (χ1n) is 4.02. The fourth-order valence-corrected chi connectivity index (χ4v) is 1.23. The molecular formula is C10H7NO3S. The number of hydrogen-bond donors (Lipinski definition) is 1. The molecule has 0 fully saturated rings. The summed E-state index contributed by atoms with van der Waals surface area (Å²) in [6.45, 7) is 1.61. The zero-order chi connectivity index (χ0) is 11.4. The van der Waals surface area contributed by atoms with Crippen molar-refractivity contribution in [2.24, 2.45) is 4.99 Å². The van der Waals surface area contributed by atoms with Gasteiger partial charge in [0, 0.05) is 5.56 Å². The van der Waals surface area contributed by atoms with E-state index in [-0.39, 0.29) is 5.56 Å². The summed E-state index contributed by atoms with van der Waals surface area (Å²) in [5.74, 6) is -1.55. The maximum atomic E-state index is 11.2. The number of hydrogen-bond acceptors (Lipinski definition) is 3. The third-order valence-corrected chi connectivity index (χ3v) is 1.94. The normalized spacial score (nSPS) is 9.13. The van der Waals surface area contributed by atoms with Gasteiger partial charge in [0.25, 0.3) is 5.91 Å². The Hall–Kier alpha value is -1.84. The Kier molecular flexibility index (Phi) is 3.44. The van der Waals surface area contributed by atoms with Crippen molar-refractivity contribution >= 4 is 29.3 Å². The van der Waals surface area contributed by atoms with E-state index in [9.17, 15) is 9.59 Å². The van der Waals surface area contributed by atoms with Gasteiger partial charge in [-0.3, -0.25) is 4.79 Å². The molecule has 0 aliphatic carbocycles. The molecule has 0 heterocycles. The Labute approximate surface area is 91.3 Å². The molecule has 0 aromatic heterocycles. The van der Waals surface area contributed by atoms with Crippen LogP contribution >= 0.6 is 12.2 Å². The Morgan fingerprint density at radius 3 is 2.60 bits per heavy atom. The summed E-state index contributed by atoms with van der Waals surface area (Å²) in [5.41, 5.74) is 0.973. The first-order chi connectivity index (χ1) is 7.06. The number of rotatable bonds is 2. The molecule has 0 spiro atoms. The third-order valence-electron chi connectivity index (χ3n) is 1.85. The summed E-state index contributed by atoms with van der Waals surface area (Å²) >= 11 is 4.30. The van der Waals surface area contributed by atoms with Gasteiger partial charge in [-0.25, -0.2) is 4.79 Å². The van der Waals surface area contributed by atoms with Crippen molar-refractivity contribution in [3.05, 3.63) is 34.9 Å². The van der Waals surface area contributed by atoms with Crippen LogP contribution in [0.15, 0.2) is 23.2 Å². The van der Waals surface area contributed by atoms with Gasteiger partial charge in [-0.1, -0.05) is 0 Å². The van der Waals surface area contributed by atoms with Crippen LogP contribution in [0, 0.1) is 6.92 Å². The molecule has 0 saturated carbocycles. The van der Waals surface area contributed by atoms with Crippen LogP contribution in [0.25, 0.3) is 0 Å². The number of isothiocyanates is 1. The molecule has 1 aromatic rings. The van der Waals surface area contributed by atoms with Crippen LogP contribution in [0.2, 0.25) is 0 Å². The van der Waals surface area contributed by atoms with Crippen LogP contribution in [0.4, 0.5) is 0 Å². The Morgan fingerprint density at radius 2 is 2.13 bits per heavy atom. The van der Waals surface area contributed by atoms with Crippen molar-refractivity contribution in [3.63, 3.8) is 0 Å². The van der Waals surface area contributed by atoms with Crippen LogP contribution < -0.4 is 0 Å². The summed E-state index contributed by atoms with van der Waals surface area (Å²) in [6.07, 6.45) is 0. The summed E-state index contributed by atoms with van der Waals surface area (Å²) < 4.78 is 0. The highest BCUT2D eigenvalue weighted by Gasteiger charge is 2.10. The first kappa shape index (κ1) is 11.2. The van der Waals surface area contributed by atoms with Gasteiger partial charge >= 0.3 is 5.97 Å². The van der Waals surface area contributed by atoms with Gasteiger partial charge in [-0.05, 0) is 42.9 Å². The summed E-state index contributed by atoms with van der Waals surface area (Å²) in [6, 6.07) is 4.22. The number of carboxylic acids is 1.